The third-order valence-electron chi connectivity index (χ3n) is 3.18. The van der Waals surface area contributed by atoms with Gasteiger partial charge in [-0.25, -0.2) is 4.99 Å². The molecule has 0 bridgehead atoms. The van der Waals surface area contributed by atoms with Crippen LogP contribution in [0, 0.1) is 0 Å². The number of benzene rings is 2. The number of allylic oxidation sites excluding steroid dienone is 2. The Labute approximate surface area is 147 Å². The van der Waals surface area contributed by atoms with Crippen LogP contribution in [0.5, 0.6) is 5.75 Å². The van der Waals surface area contributed by atoms with Crippen molar-refractivity contribution in [1.29, 1.82) is 0 Å². The molecule has 0 saturated heterocycles. The predicted molar refractivity (Wildman–Crippen MR) is 102 cm³/mol. The average Bonchev–Trinajstić information content (AvgIpc) is 2.55. The number of anilines is 1. The van der Waals surface area contributed by atoms with Crippen molar-refractivity contribution in [3.63, 3.8) is 0 Å². The molecule has 0 radical (unpaired) electrons. The van der Waals surface area contributed by atoms with Crippen LogP contribution in [0.4, 0.5) is 5.69 Å². The number of nitrogens with one attached hydrogen (secondary N) is 1. The van der Waals surface area contributed by atoms with Crippen LogP contribution >= 0.6 is 11.6 Å². The minimum absolute atomic E-state index is 0.439. The first-order valence-electron chi connectivity index (χ1n) is 7.37. The van der Waals surface area contributed by atoms with Gasteiger partial charge in [-0.15, -0.1) is 0 Å². The Kier molecular flexibility index (Phi) is 6.04. The maximum absolute atomic E-state index is 6.16. The van der Waals surface area contributed by atoms with E-state index < -0.39 is 0 Å². The zero-order valence-electron chi connectivity index (χ0n) is 13.7. The Hall–Kier alpha value is -2.72. The summed E-state index contributed by atoms with van der Waals surface area (Å²) in [4.78, 5) is 4.32. The molecule has 0 fully saturated rings. The smallest absolute Gasteiger partial charge is 0.137 e. The van der Waals surface area contributed by atoms with E-state index in [2.05, 4.69) is 16.9 Å². The number of rotatable bonds is 6. The monoisotopic (exact) mass is 341 g/mol. The molecular formula is C19H20ClN3O. The van der Waals surface area contributed by atoms with Crippen LogP contribution in [-0.4, -0.2) is 12.9 Å². The Morgan fingerprint density at radius 1 is 1.25 bits per heavy atom. The van der Waals surface area contributed by atoms with Crippen molar-refractivity contribution in [2.75, 3.05) is 12.4 Å². The third kappa shape index (κ3) is 4.89. The fourth-order valence-corrected chi connectivity index (χ4v) is 2.34. The van der Waals surface area contributed by atoms with Gasteiger partial charge < -0.3 is 15.8 Å². The number of ether oxygens (including phenoxy) is 1. The molecule has 0 spiro atoms. The van der Waals surface area contributed by atoms with Gasteiger partial charge in [0.05, 0.1) is 18.0 Å². The van der Waals surface area contributed by atoms with E-state index in [4.69, 9.17) is 22.1 Å². The molecule has 0 heterocycles. The molecule has 2 aromatic carbocycles. The van der Waals surface area contributed by atoms with Crippen molar-refractivity contribution >= 4 is 28.7 Å². The second kappa shape index (κ2) is 8.22. The summed E-state index contributed by atoms with van der Waals surface area (Å²) in [6.45, 7) is 5.81. The molecule has 0 saturated carbocycles. The molecule has 0 aliphatic carbocycles. The highest BCUT2D eigenvalue weighted by Gasteiger charge is 2.04. The molecular weight excluding hydrogens is 322 g/mol. The van der Waals surface area contributed by atoms with Crippen LogP contribution in [0.1, 0.15) is 12.5 Å². The molecule has 0 unspecified atom stereocenters. The van der Waals surface area contributed by atoms with E-state index in [1.54, 1.807) is 26.2 Å². The number of nitrogens with two attached hydrogens (primary N) is 1. The van der Waals surface area contributed by atoms with Crippen molar-refractivity contribution in [2.24, 2.45) is 10.7 Å². The van der Waals surface area contributed by atoms with Gasteiger partial charge in [0, 0.05) is 5.69 Å². The number of hydrogen-bond acceptors (Lipinski definition) is 3. The van der Waals surface area contributed by atoms with Crippen LogP contribution in [0.2, 0.25) is 5.02 Å². The summed E-state index contributed by atoms with van der Waals surface area (Å²) in [5.74, 6) is 1.62. The lowest BCUT2D eigenvalue weighted by Gasteiger charge is -2.11. The lowest BCUT2D eigenvalue weighted by atomic mass is 10.1. The number of aliphatic imine (C=N–C) groups is 1. The van der Waals surface area contributed by atoms with E-state index in [0.29, 0.717) is 22.4 Å². The minimum Gasteiger partial charge on any atom is -0.495 e. The summed E-state index contributed by atoms with van der Waals surface area (Å²) in [6.07, 6.45) is 1.84. The van der Waals surface area contributed by atoms with Gasteiger partial charge in [-0.2, -0.15) is 0 Å². The molecule has 4 nitrogen and oxygen atoms in total. The SMILES string of the molecule is C=C(/C=C(\N=C(/C)N)Nc1ccc(OC)c(Cl)c1)c1ccccc1. The lowest BCUT2D eigenvalue weighted by molar-refractivity contribution is 0.415. The fourth-order valence-electron chi connectivity index (χ4n) is 2.08. The summed E-state index contributed by atoms with van der Waals surface area (Å²) in [7, 11) is 1.57. The topological polar surface area (TPSA) is 59.6 Å². The number of hydrogen-bond donors (Lipinski definition) is 2. The molecule has 0 aromatic heterocycles. The van der Waals surface area contributed by atoms with Crippen molar-refractivity contribution < 1.29 is 4.74 Å². The highest BCUT2D eigenvalue weighted by molar-refractivity contribution is 6.32. The largest absolute Gasteiger partial charge is 0.495 e. The van der Waals surface area contributed by atoms with Gasteiger partial charge in [-0.3, -0.25) is 0 Å². The highest BCUT2D eigenvalue weighted by Crippen LogP contribution is 2.28. The zero-order chi connectivity index (χ0) is 17.5. The highest BCUT2D eigenvalue weighted by atomic mass is 35.5. The van der Waals surface area contributed by atoms with Crippen molar-refractivity contribution in [1.82, 2.24) is 0 Å². The second-order valence-corrected chi connectivity index (χ2v) is 5.56. The van der Waals surface area contributed by atoms with Crippen LogP contribution in [0.3, 0.4) is 0 Å². The molecule has 0 amide bonds. The van der Waals surface area contributed by atoms with E-state index in [-0.39, 0.29) is 0 Å². The third-order valence-corrected chi connectivity index (χ3v) is 3.47. The van der Waals surface area contributed by atoms with Crippen LogP contribution in [-0.2, 0) is 0 Å². The number of amidine groups is 1. The van der Waals surface area contributed by atoms with Crippen molar-refractivity contribution in [3.05, 3.63) is 77.6 Å². The van der Waals surface area contributed by atoms with Crippen LogP contribution in [0.25, 0.3) is 5.57 Å². The lowest BCUT2D eigenvalue weighted by Crippen LogP contribution is -2.08. The molecule has 0 atom stereocenters. The molecule has 24 heavy (non-hydrogen) atoms. The average molecular weight is 342 g/mol. The Bertz CT molecular complexity index is 778. The summed E-state index contributed by atoms with van der Waals surface area (Å²) in [5, 5.41) is 3.71. The summed E-state index contributed by atoms with van der Waals surface area (Å²) in [5.41, 5.74) is 8.34. The van der Waals surface area contributed by atoms with Gasteiger partial charge in [0.15, 0.2) is 0 Å². The van der Waals surface area contributed by atoms with Gasteiger partial charge in [-0.1, -0.05) is 48.5 Å². The van der Waals surface area contributed by atoms with Crippen molar-refractivity contribution in [3.8, 4) is 5.75 Å². The number of methoxy groups -OCH3 is 1. The van der Waals surface area contributed by atoms with Crippen molar-refractivity contribution in [2.45, 2.75) is 6.92 Å². The summed E-state index contributed by atoms with van der Waals surface area (Å²) >= 11 is 6.16. The van der Waals surface area contributed by atoms with Gasteiger partial charge in [0.25, 0.3) is 0 Å². The molecule has 0 aliphatic rings. The maximum atomic E-state index is 6.16. The normalized spacial score (nSPS) is 12.0. The van der Waals surface area contributed by atoms with E-state index >= 15 is 0 Å². The molecule has 0 aliphatic heterocycles. The van der Waals surface area contributed by atoms with Gasteiger partial charge >= 0.3 is 0 Å². The molecule has 2 aromatic rings. The Morgan fingerprint density at radius 2 is 1.96 bits per heavy atom. The van der Waals surface area contributed by atoms with Crippen LogP contribution < -0.4 is 15.8 Å². The molecule has 2 rings (SSSR count). The standard InChI is InChI=1S/C19H20ClN3O/c1-13(15-7-5-4-6-8-15)11-19(22-14(2)21)23-16-9-10-18(24-3)17(20)12-16/h4-12,23H,1H2,2-3H3,(H2,21,22)/b19-11+. The molecule has 124 valence electrons. The second-order valence-electron chi connectivity index (χ2n) is 5.15. The van der Waals surface area contributed by atoms with E-state index in [1.165, 1.54) is 0 Å². The van der Waals surface area contributed by atoms with E-state index in [9.17, 15) is 0 Å². The molecule has 3 N–H and O–H groups in total. The first-order chi connectivity index (χ1) is 11.5. The van der Waals surface area contributed by atoms with Gasteiger partial charge in [0.1, 0.15) is 11.6 Å². The fraction of sp³-hybridized carbons (Fsp3) is 0.105. The first-order valence-corrected chi connectivity index (χ1v) is 7.74. The quantitative estimate of drug-likeness (QED) is 0.455. The van der Waals surface area contributed by atoms with Gasteiger partial charge in [-0.05, 0) is 42.3 Å². The van der Waals surface area contributed by atoms with E-state index in [1.807, 2.05) is 42.5 Å². The zero-order valence-corrected chi connectivity index (χ0v) is 14.5. The Balaban J connectivity index is 2.29. The van der Waals surface area contributed by atoms with Gasteiger partial charge in [0.2, 0.25) is 0 Å². The number of halogens is 1. The predicted octanol–water partition coefficient (Wildman–Crippen LogP) is 4.69. The molecule has 5 heteroatoms. The van der Waals surface area contributed by atoms with Crippen LogP contribution in [0.15, 0.2) is 72.0 Å². The Morgan fingerprint density at radius 3 is 2.54 bits per heavy atom. The van der Waals surface area contributed by atoms with E-state index in [0.717, 1.165) is 16.8 Å². The number of nitrogens with zero attached hydrogens (tertiary/aromatic N) is 1. The summed E-state index contributed by atoms with van der Waals surface area (Å²) in [6, 6.07) is 15.3. The first kappa shape index (κ1) is 17.6. The minimum atomic E-state index is 0.439. The summed E-state index contributed by atoms with van der Waals surface area (Å²) < 4.78 is 5.16. The maximum Gasteiger partial charge on any atom is 0.137 e.